The number of benzene rings is 1. The summed E-state index contributed by atoms with van der Waals surface area (Å²) < 4.78 is 0.966. The predicted molar refractivity (Wildman–Crippen MR) is 69.8 cm³/mol. The topological polar surface area (TPSA) is 32.3 Å². The van der Waals surface area contributed by atoms with Crippen LogP contribution >= 0.6 is 15.9 Å². The summed E-state index contributed by atoms with van der Waals surface area (Å²) in [7, 11) is 3.96. The minimum Gasteiger partial charge on any atom is -0.351 e. The van der Waals surface area contributed by atoms with Gasteiger partial charge in [-0.25, -0.2) is 0 Å². The number of nitrogens with one attached hydrogen (secondary N) is 1. The number of nitrogens with zero attached hydrogens (tertiary/aromatic N) is 1. The third-order valence-electron chi connectivity index (χ3n) is 2.28. The first kappa shape index (κ1) is 13.2. The lowest BCUT2D eigenvalue weighted by atomic mass is 10.1. The van der Waals surface area contributed by atoms with E-state index in [0.717, 1.165) is 16.6 Å². The zero-order valence-corrected chi connectivity index (χ0v) is 11.5. The summed E-state index contributed by atoms with van der Waals surface area (Å²) in [5.41, 5.74) is 1.82. The number of halogens is 1. The van der Waals surface area contributed by atoms with Gasteiger partial charge < -0.3 is 10.2 Å². The quantitative estimate of drug-likeness (QED) is 0.918. The van der Waals surface area contributed by atoms with E-state index in [1.807, 2.05) is 44.1 Å². The van der Waals surface area contributed by atoms with Crippen LogP contribution in [-0.2, 0) is 0 Å². The first-order chi connectivity index (χ1) is 7.50. The molecule has 1 aromatic rings. The zero-order valence-electron chi connectivity index (χ0n) is 9.88. The van der Waals surface area contributed by atoms with Crippen LogP contribution in [0.4, 0.5) is 0 Å². The highest BCUT2D eigenvalue weighted by atomic mass is 79.9. The lowest BCUT2D eigenvalue weighted by molar-refractivity contribution is 0.0951. The highest BCUT2D eigenvalue weighted by Crippen LogP contribution is 2.17. The predicted octanol–water partition coefficient (Wildman–Crippen LogP) is 2.05. The molecule has 0 aliphatic heterocycles. The van der Waals surface area contributed by atoms with Gasteiger partial charge in [0.1, 0.15) is 0 Å². The Morgan fingerprint density at radius 2 is 2.12 bits per heavy atom. The standard InChI is InChI=1S/C12H17BrN2O/c1-9-4-5-10(8-11(9)13)12(16)14-6-7-15(2)3/h4-5,8H,6-7H2,1-3H3,(H,14,16). The Hall–Kier alpha value is -0.870. The van der Waals surface area contributed by atoms with E-state index in [1.54, 1.807) is 0 Å². The molecule has 0 radical (unpaired) electrons. The van der Waals surface area contributed by atoms with E-state index in [4.69, 9.17) is 0 Å². The van der Waals surface area contributed by atoms with Gasteiger partial charge in [-0.05, 0) is 38.7 Å². The van der Waals surface area contributed by atoms with Crippen LogP contribution in [0.15, 0.2) is 22.7 Å². The van der Waals surface area contributed by atoms with Gasteiger partial charge >= 0.3 is 0 Å². The van der Waals surface area contributed by atoms with Gasteiger partial charge in [0.05, 0.1) is 0 Å². The van der Waals surface area contributed by atoms with E-state index >= 15 is 0 Å². The van der Waals surface area contributed by atoms with Crippen molar-refractivity contribution < 1.29 is 4.79 Å². The Kier molecular flexibility index (Phi) is 4.96. The second-order valence-electron chi connectivity index (χ2n) is 4.02. The van der Waals surface area contributed by atoms with E-state index in [9.17, 15) is 4.79 Å². The SMILES string of the molecule is Cc1ccc(C(=O)NCCN(C)C)cc1Br. The molecule has 1 rings (SSSR count). The van der Waals surface area contributed by atoms with Crippen molar-refractivity contribution in [3.63, 3.8) is 0 Å². The number of hydrogen-bond acceptors (Lipinski definition) is 2. The van der Waals surface area contributed by atoms with E-state index < -0.39 is 0 Å². The van der Waals surface area contributed by atoms with Gasteiger partial charge in [-0.1, -0.05) is 22.0 Å². The molecule has 88 valence electrons. The number of likely N-dealkylation sites (N-methyl/N-ethyl adjacent to an activating group) is 1. The van der Waals surface area contributed by atoms with Gasteiger partial charge in [0, 0.05) is 23.1 Å². The van der Waals surface area contributed by atoms with E-state index in [1.165, 1.54) is 0 Å². The molecule has 1 N–H and O–H groups in total. The Morgan fingerprint density at radius 1 is 1.44 bits per heavy atom. The van der Waals surface area contributed by atoms with Crippen LogP contribution in [0.2, 0.25) is 0 Å². The highest BCUT2D eigenvalue weighted by Gasteiger charge is 2.06. The summed E-state index contributed by atoms with van der Waals surface area (Å²) in [6.07, 6.45) is 0. The molecule has 0 aliphatic rings. The minimum absolute atomic E-state index is 0.0254. The molecule has 0 fully saturated rings. The second kappa shape index (κ2) is 6.01. The molecule has 0 bridgehead atoms. The van der Waals surface area contributed by atoms with Crippen LogP contribution in [0.5, 0.6) is 0 Å². The average Bonchev–Trinajstić information content (AvgIpc) is 2.21. The summed E-state index contributed by atoms with van der Waals surface area (Å²) in [4.78, 5) is 13.8. The number of carbonyl (C=O) groups excluding carboxylic acids is 1. The maximum absolute atomic E-state index is 11.7. The molecule has 0 spiro atoms. The van der Waals surface area contributed by atoms with Crippen LogP contribution in [0, 0.1) is 6.92 Å². The summed E-state index contributed by atoms with van der Waals surface area (Å²) in [6.45, 7) is 3.51. The molecule has 1 aromatic carbocycles. The lowest BCUT2D eigenvalue weighted by Crippen LogP contribution is -2.31. The lowest BCUT2D eigenvalue weighted by Gasteiger charge is -2.10. The van der Waals surface area contributed by atoms with E-state index in [0.29, 0.717) is 12.1 Å². The van der Waals surface area contributed by atoms with Crippen molar-refractivity contribution in [2.24, 2.45) is 0 Å². The zero-order chi connectivity index (χ0) is 12.1. The van der Waals surface area contributed by atoms with Crippen molar-refractivity contribution in [2.45, 2.75) is 6.92 Å². The third kappa shape index (κ3) is 3.94. The molecular formula is C12H17BrN2O. The molecule has 0 aromatic heterocycles. The number of aryl methyl sites for hydroxylation is 1. The molecule has 0 heterocycles. The van der Waals surface area contributed by atoms with Gasteiger partial charge in [0.2, 0.25) is 0 Å². The number of amides is 1. The fourth-order valence-corrected chi connectivity index (χ4v) is 1.61. The monoisotopic (exact) mass is 284 g/mol. The molecule has 0 atom stereocenters. The summed E-state index contributed by atoms with van der Waals surface area (Å²) >= 11 is 3.42. The van der Waals surface area contributed by atoms with Crippen molar-refractivity contribution in [3.8, 4) is 0 Å². The Balaban J connectivity index is 2.56. The molecule has 4 heteroatoms. The van der Waals surface area contributed by atoms with Gasteiger partial charge in [-0.15, -0.1) is 0 Å². The fourth-order valence-electron chi connectivity index (χ4n) is 1.23. The Morgan fingerprint density at radius 3 is 2.69 bits per heavy atom. The summed E-state index contributed by atoms with van der Waals surface area (Å²) in [6, 6.07) is 5.62. The minimum atomic E-state index is -0.0254. The first-order valence-electron chi connectivity index (χ1n) is 5.20. The Labute approximate surface area is 105 Å². The molecule has 16 heavy (non-hydrogen) atoms. The van der Waals surface area contributed by atoms with Gasteiger partial charge in [0.25, 0.3) is 5.91 Å². The van der Waals surface area contributed by atoms with E-state index in [2.05, 4.69) is 21.2 Å². The van der Waals surface area contributed by atoms with Gasteiger partial charge in [-0.3, -0.25) is 4.79 Å². The van der Waals surface area contributed by atoms with Crippen LogP contribution in [0.25, 0.3) is 0 Å². The first-order valence-corrected chi connectivity index (χ1v) is 5.99. The van der Waals surface area contributed by atoms with Gasteiger partial charge in [0.15, 0.2) is 0 Å². The largest absolute Gasteiger partial charge is 0.351 e. The Bertz CT molecular complexity index is 377. The van der Waals surface area contributed by atoms with Crippen LogP contribution < -0.4 is 5.32 Å². The van der Waals surface area contributed by atoms with Crippen molar-refractivity contribution in [3.05, 3.63) is 33.8 Å². The average molecular weight is 285 g/mol. The molecule has 0 saturated carbocycles. The summed E-state index contributed by atoms with van der Waals surface area (Å²) in [5, 5.41) is 2.88. The summed E-state index contributed by atoms with van der Waals surface area (Å²) in [5.74, 6) is -0.0254. The van der Waals surface area contributed by atoms with E-state index in [-0.39, 0.29) is 5.91 Å². The number of hydrogen-bond donors (Lipinski definition) is 1. The fraction of sp³-hybridized carbons (Fsp3) is 0.417. The smallest absolute Gasteiger partial charge is 0.251 e. The van der Waals surface area contributed by atoms with Crippen LogP contribution in [0.1, 0.15) is 15.9 Å². The number of carbonyl (C=O) groups is 1. The maximum Gasteiger partial charge on any atom is 0.251 e. The maximum atomic E-state index is 11.7. The van der Waals surface area contributed by atoms with Crippen molar-refractivity contribution >= 4 is 21.8 Å². The van der Waals surface area contributed by atoms with Crippen LogP contribution in [-0.4, -0.2) is 38.0 Å². The molecule has 1 amide bonds. The molecule has 0 unspecified atom stereocenters. The molecule has 0 saturated heterocycles. The van der Waals surface area contributed by atoms with Crippen molar-refractivity contribution in [2.75, 3.05) is 27.2 Å². The van der Waals surface area contributed by atoms with Crippen molar-refractivity contribution in [1.29, 1.82) is 0 Å². The number of rotatable bonds is 4. The molecular weight excluding hydrogens is 268 g/mol. The second-order valence-corrected chi connectivity index (χ2v) is 4.88. The van der Waals surface area contributed by atoms with Gasteiger partial charge in [-0.2, -0.15) is 0 Å². The highest BCUT2D eigenvalue weighted by molar-refractivity contribution is 9.10. The normalized spacial score (nSPS) is 10.6. The molecule has 0 aliphatic carbocycles. The molecule has 3 nitrogen and oxygen atoms in total. The van der Waals surface area contributed by atoms with Crippen molar-refractivity contribution in [1.82, 2.24) is 10.2 Å². The third-order valence-corrected chi connectivity index (χ3v) is 3.13. The van der Waals surface area contributed by atoms with Crippen LogP contribution in [0.3, 0.4) is 0 Å².